The van der Waals surface area contributed by atoms with Gasteiger partial charge in [0, 0.05) is 0 Å². The smallest absolute Gasteiger partial charge is 0.356 e. The van der Waals surface area contributed by atoms with Crippen LogP contribution < -0.4 is 15.8 Å². The first-order valence-electron chi connectivity index (χ1n) is 4.08. The predicted molar refractivity (Wildman–Crippen MR) is 58.9 cm³/mol. The first-order chi connectivity index (χ1) is 7.57. The number of methoxy groups -OCH3 is 1. The molecule has 0 amide bonds. The van der Waals surface area contributed by atoms with Gasteiger partial charge < -0.3 is 20.3 Å². The molecule has 0 radical (unpaired) electrons. The van der Waals surface area contributed by atoms with Gasteiger partial charge in [-0.1, -0.05) is 0 Å². The third-order valence-electron chi connectivity index (χ3n) is 1.89. The summed E-state index contributed by atoms with van der Waals surface area (Å²) in [6, 6.07) is 1.50. The van der Waals surface area contributed by atoms with Crippen molar-refractivity contribution in [3.63, 3.8) is 0 Å². The van der Waals surface area contributed by atoms with Crippen molar-refractivity contribution in [2.75, 3.05) is 12.8 Å². The number of ether oxygens (including phenoxy) is 1. The second kappa shape index (κ2) is 4.28. The van der Waals surface area contributed by atoms with Crippen LogP contribution in [0.3, 0.4) is 0 Å². The van der Waals surface area contributed by atoms with Gasteiger partial charge in [0.1, 0.15) is 4.90 Å². The molecule has 0 aliphatic heterocycles. The van der Waals surface area contributed by atoms with Gasteiger partial charge in [-0.2, -0.15) is 8.42 Å². The van der Waals surface area contributed by atoms with Gasteiger partial charge in [-0.3, -0.25) is 9.12 Å². The topological polar surface area (TPSA) is 147 Å². The molecule has 8 nitrogen and oxygen atoms in total. The average molecular weight is 283 g/mol. The molecule has 0 atom stereocenters. The third kappa shape index (κ3) is 2.96. The minimum Gasteiger partial charge on any atom is -0.493 e. The molecule has 0 aliphatic carbocycles. The number of rotatable bonds is 3. The summed E-state index contributed by atoms with van der Waals surface area (Å²) in [5.41, 5.74) is 5.08. The Hall–Kier alpha value is -1.12. The van der Waals surface area contributed by atoms with E-state index in [0.717, 1.165) is 13.2 Å². The lowest BCUT2D eigenvalue weighted by Gasteiger charge is -2.12. The van der Waals surface area contributed by atoms with E-state index in [0.29, 0.717) is 6.07 Å². The van der Waals surface area contributed by atoms with Crippen LogP contribution in [0.25, 0.3) is 0 Å². The van der Waals surface area contributed by atoms with E-state index in [1.54, 1.807) is 0 Å². The van der Waals surface area contributed by atoms with Crippen molar-refractivity contribution in [3.8, 4) is 5.75 Å². The summed E-state index contributed by atoms with van der Waals surface area (Å²) in [6.45, 7) is 0. The van der Waals surface area contributed by atoms with Crippen LogP contribution in [-0.2, 0) is 14.7 Å². The molecule has 0 unspecified atom stereocenters. The van der Waals surface area contributed by atoms with E-state index in [9.17, 15) is 13.0 Å². The molecule has 0 saturated carbocycles. The molecule has 0 aromatic heterocycles. The monoisotopic (exact) mass is 283 g/mol. The maximum atomic E-state index is 11.0. The van der Waals surface area contributed by atoms with Crippen molar-refractivity contribution in [2.24, 2.45) is 0 Å². The van der Waals surface area contributed by atoms with Gasteiger partial charge in [0.25, 0.3) is 10.1 Å². The molecular weight excluding hydrogens is 273 g/mol. The van der Waals surface area contributed by atoms with Crippen molar-refractivity contribution in [3.05, 3.63) is 12.1 Å². The number of nitrogens with two attached hydrogens (primary N) is 1. The molecule has 1 aromatic rings. The zero-order valence-corrected chi connectivity index (χ0v) is 10.3. The zero-order valence-electron chi connectivity index (χ0n) is 8.56. The van der Waals surface area contributed by atoms with E-state index in [2.05, 4.69) is 4.74 Å². The van der Waals surface area contributed by atoms with Crippen LogP contribution in [0.15, 0.2) is 17.0 Å². The third-order valence-corrected chi connectivity index (χ3v) is 3.68. The standard InChI is InChI=1S/C7H10NO7PS/c1-15-7-5(8)2-4(16(9,10)11)3-6(7)17(12,13)14/h2-3H,8H2,1H3,(H2,9,10,11)(H,12,13,14). The van der Waals surface area contributed by atoms with E-state index < -0.39 is 27.9 Å². The SMILES string of the molecule is COc1c(N)cc(P(=O)(O)O)cc1S(=O)(=O)O. The Morgan fingerprint density at radius 2 is 1.88 bits per heavy atom. The second-order valence-corrected chi connectivity index (χ2v) is 6.08. The highest BCUT2D eigenvalue weighted by molar-refractivity contribution is 7.86. The summed E-state index contributed by atoms with van der Waals surface area (Å²) in [5.74, 6) is -0.371. The fourth-order valence-electron chi connectivity index (χ4n) is 1.19. The van der Waals surface area contributed by atoms with Crippen LogP contribution >= 0.6 is 7.60 Å². The molecule has 1 aromatic carbocycles. The number of nitrogen functional groups attached to an aromatic ring is 1. The summed E-state index contributed by atoms with van der Waals surface area (Å²) in [5, 5.41) is -0.622. The van der Waals surface area contributed by atoms with Crippen molar-refractivity contribution in [1.29, 1.82) is 0 Å². The molecule has 0 heterocycles. The number of anilines is 1. The molecule has 10 heteroatoms. The fourth-order valence-corrected chi connectivity index (χ4v) is 2.59. The zero-order chi connectivity index (χ0) is 13.4. The Morgan fingerprint density at radius 3 is 2.24 bits per heavy atom. The van der Waals surface area contributed by atoms with E-state index in [-0.39, 0.29) is 11.4 Å². The van der Waals surface area contributed by atoms with E-state index in [4.69, 9.17) is 20.1 Å². The van der Waals surface area contributed by atoms with Crippen molar-refractivity contribution < 1.29 is 32.1 Å². The Bertz CT molecular complexity index is 590. The minimum atomic E-state index is -4.70. The Balaban J connectivity index is 3.69. The Kier molecular flexibility index (Phi) is 3.51. The molecule has 0 bridgehead atoms. The molecular formula is C7H10NO7PS. The summed E-state index contributed by atoms with van der Waals surface area (Å²) >= 11 is 0. The number of hydrogen-bond donors (Lipinski definition) is 4. The normalized spacial score (nSPS) is 12.5. The highest BCUT2D eigenvalue weighted by atomic mass is 32.2. The quantitative estimate of drug-likeness (QED) is 0.324. The summed E-state index contributed by atoms with van der Waals surface area (Å²) < 4.78 is 46.6. The average Bonchev–Trinajstić information content (AvgIpc) is 2.13. The van der Waals surface area contributed by atoms with Crippen LogP contribution in [-0.4, -0.2) is 29.9 Å². The lowest BCUT2D eigenvalue weighted by Crippen LogP contribution is -2.12. The predicted octanol–water partition coefficient (Wildman–Crippen LogP) is -0.673. The summed E-state index contributed by atoms with van der Waals surface area (Å²) in [7, 11) is -8.27. The van der Waals surface area contributed by atoms with Gasteiger partial charge in [0.05, 0.1) is 18.1 Å². The van der Waals surface area contributed by atoms with Crippen LogP contribution in [0, 0.1) is 0 Å². The second-order valence-electron chi connectivity index (χ2n) is 3.09. The lowest BCUT2D eigenvalue weighted by atomic mass is 10.3. The molecule has 0 saturated heterocycles. The maximum Gasteiger partial charge on any atom is 0.356 e. The van der Waals surface area contributed by atoms with Gasteiger partial charge in [-0.25, -0.2) is 0 Å². The Labute approximate surface area is 96.9 Å². The lowest BCUT2D eigenvalue weighted by molar-refractivity contribution is 0.386. The van der Waals surface area contributed by atoms with Crippen LogP contribution in [0.5, 0.6) is 5.75 Å². The van der Waals surface area contributed by atoms with Crippen molar-refractivity contribution in [1.82, 2.24) is 0 Å². The van der Waals surface area contributed by atoms with Crippen LogP contribution in [0.4, 0.5) is 5.69 Å². The Morgan fingerprint density at radius 1 is 1.35 bits per heavy atom. The molecule has 0 aliphatic rings. The first-order valence-corrected chi connectivity index (χ1v) is 7.13. The minimum absolute atomic E-state index is 0.305. The molecule has 0 spiro atoms. The van der Waals surface area contributed by atoms with Gasteiger partial charge in [0.2, 0.25) is 0 Å². The number of benzene rings is 1. The summed E-state index contributed by atoms with van der Waals surface area (Å²) in [4.78, 5) is 17.0. The highest BCUT2D eigenvalue weighted by Gasteiger charge is 2.26. The molecule has 0 fully saturated rings. The van der Waals surface area contributed by atoms with Crippen LogP contribution in [0.1, 0.15) is 0 Å². The molecule has 1 rings (SSSR count). The van der Waals surface area contributed by atoms with Gasteiger partial charge >= 0.3 is 7.60 Å². The summed E-state index contributed by atoms with van der Waals surface area (Å²) in [6.07, 6.45) is 0. The largest absolute Gasteiger partial charge is 0.493 e. The molecule has 96 valence electrons. The number of hydrogen-bond acceptors (Lipinski definition) is 5. The van der Waals surface area contributed by atoms with E-state index in [1.807, 2.05) is 0 Å². The van der Waals surface area contributed by atoms with Crippen molar-refractivity contribution in [2.45, 2.75) is 4.90 Å². The maximum absolute atomic E-state index is 11.0. The van der Waals surface area contributed by atoms with Gasteiger partial charge in [-0.15, -0.1) is 0 Å². The van der Waals surface area contributed by atoms with E-state index in [1.165, 1.54) is 0 Å². The molecule has 5 N–H and O–H groups in total. The molecule has 17 heavy (non-hydrogen) atoms. The first kappa shape index (κ1) is 13.9. The van der Waals surface area contributed by atoms with Crippen molar-refractivity contribution >= 4 is 28.7 Å². The van der Waals surface area contributed by atoms with E-state index >= 15 is 0 Å². The van der Waals surface area contributed by atoms with Gasteiger partial charge in [-0.05, 0) is 12.1 Å². The van der Waals surface area contributed by atoms with Gasteiger partial charge in [0.15, 0.2) is 5.75 Å². The van der Waals surface area contributed by atoms with Crippen LogP contribution in [0.2, 0.25) is 0 Å². The highest BCUT2D eigenvalue weighted by Crippen LogP contribution is 2.38. The fraction of sp³-hybridized carbons (Fsp3) is 0.143.